The molecule has 2 aromatic heterocycles. The number of sulfone groups is 1. The Balaban J connectivity index is 2.22. The van der Waals surface area contributed by atoms with Gasteiger partial charge < -0.3 is 0 Å². The van der Waals surface area contributed by atoms with E-state index in [2.05, 4.69) is 15.1 Å². The van der Waals surface area contributed by atoms with Crippen molar-refractivity contribution in [3.63, 3.8) is 0 Å². The van der Waals surface area contributed by atoms with Gasteiger partial charge in [-0.2, -0.15) is 5.10 Å². The quantitative estimate of drug-likeness (QED) is 0.673. The van der Waals surface area contributed by atoms with Gasteiger partial charge in [-0.3, -0.25) is 0 Å². The van der Waals surface area contributed by atoms with Gasteiger partial charge in [0.1, 0.15) is 23.0 Å². The zero-order chi connectivity index (χ0) is 15.2. The molecule has 0 radical (unpaired) electrons. The van der Waals surface area contributed by atoms with Crippen LogP contribution < -0.4 is 0 Å². The van der Waals surface area contributed by atoms with Crippen molar-refractivity contribution in [1.82, 2.24) is 19.7 Å². The molecule has 3 aromatic rings. The van der Waals surface area contributed by atoms with Gasteiger partial charge in [-0.1, -0.05) is 11.6 Å². The molecule has 0 aliphatic heterocycles. The second-order valence-corrected chi connectivity index (χ2v) is 6.72. The fourth-order valence-electron chi connectivity index (χ4n) is 1.88. The Morgan fingerprint density at radius 1 is 1.29 bits per heavy atom. The summed E-state index contributed by atoms with van der Waals surface area (Å²) in [4.78, 5) is 7.72. The molecule has 9 heteroatoms. The van der Waals surface area contributed by atoms with Crippen LogP contribution in [0.15, 0.2) is 35.6 Å². The molecular formula is C12H8ClFN4O2S. The van der Waals surface area contributed by atoms with Gasteiger partial charge in [-0.25, -0.2) is 27.5 Å². The maximum atomic E-state index is 14.2. The van der Waals surface area contributed by atoms with E-state index in [0.29, 0.717) is 11.0 Å². The van der Waals surface area contributed by atoms with Gasteiger partial charge >= 0.3 is 0 Å². The normalized spacial score (nSPS) is 12.0. The topological polar surface area (TPSA) is 77.7 Å². The van der Waals surface area contributed by atoms with Crippen molar-refractivity contribution in [2.75, 3.05) is 6.26 Å². The number of nitrogens with zero attached hydrogens (tertiary/aromatic N) is 4. The summed E-state index contributed by atoms with van der Waals surface area (Å²) < 4.78 is 38.2. The summed E-state index contributed by atoms with van der Waals surface area (Å²) in [6, 6.07) is 3.58. The molecule has 0 aliphatic rings. The van der Waals surface area contributed by atoms with Crippen molar-refractivity contribution in [1.29, 1.82) is 0 Å². The van der Waals surface area contributed by atoms with Gasteiger partial charge in [0.05, 0.1) is 16.5 Å². The van der Waals surface area contributed by atoms with E-state index >= 15 is 0 Å². The lowest BCUT2D eigenvalue weighted by atomic mass is 10.3. The number of fused-ring (bicyclic) bond motifs is 1. The number of benzene rings is 1. The highest BCUT2D eigenvalue weighted by Crippen LogP contribution is 2.24. The number of halogens is 2. The lowest BCUT2D eigenvalue weighted by Crippen LogP contribution is -2.04. The van der Waals surface area contributed by atoms with Crippen molar-refractivity contribution in [2.45, 2.75) is 4.90 Å². The second kappa shape index (κ2) is 4.74. The lowest BCUT2D eigenvalue weighted by Gasteiger charge is -2.06. The minimum absolute atomic E-state index is 0.0761. The third kappa shape index (κ3) is 2.36. The zero-order valence-corrected chi connectivity index (χ0v) is 12.2. The first-order valence-electron chi connectivity index (χ1n) is 5.72. The molecule has 0 bridgehead atoms. The average molecular weight is 327 g/mol. The predicted octanol–water partition coefficient (Wildman–Crippen LogP) is 2.01. The summed E-state index contributed by atoms with van der Waals surface area (Å²) in [7, 11) is -3.48. The molecule has 21 heavy (non-hydrogen) atoms. The third-order valence-electron chi connectivity index (χ3n) is 2.89. The van der Waals surface area contributed by atoms with Gasteiger partial charge in [0.25, 0.3) is 0 Å². The molecule has 0 aliphatic carbocycles. The molecular weight excluding hydrogens is 319 g/mol. The number of rotatable bonds is 2. The fraction of sp³-hybridized carbons (Fsp3) is 0.0833. The van der Waals surface area contributed by atoms with Crippen molar-refractivity contribution in [3.8, 4) is 5.69 Å². The van der Waals surface area contributed by atoms with Crippen molar-refractivity contribution < 1.29 is 12.8 Å². The number of aromatic nitrogens is 4. The van der Waals surface area contributed by atoms with Crippen LogP contribution in [0.5, 0.6) is 0 Å². The van der Waals surface area contributed by atoms with Crippen LogP contribution in [-0.2, 0) is 9.84 Å². The smallest absolute Gasteiger partial charge is 0.175 e. The summed E-state index contributed by atoms with van der Waals surface area (Å²) >= 11 is 5.91. The molecule has 0 unspecified atom stereocenters. The van der Waals surface area contributed by atoms with E-state index < -0.39 is 15.7 Å². The van der Waals surface area contributed by atoms with E-state index in [1.165, 1.54) is 29.3 Å². The third-order valence-corrected chi connectivity index (χ3v) is 4.30. The van der Waals surface area contributed by atoms with Crippen LogP contribution in [0.4, 0.5) is 4.39 Å². The SMILES string of the molecule is CS(=O)(=O)c1ccc(-n2ncc3c(Cl)ncnc32)c(F)c1. The fourth-order valence-corrected chi connectivity index (χ4v) is 2.69. The summed E-state index contributed by atoms with van der Waals surface area (Å²) in [6.07, 6.45) is 3.67. The first-order chi connectivity index (χ1) is 9.88. The summed E-state index contributed by atoms with van der Waals surface area (Å²) in [5.41, 5.74) is 0.410. The Hall–Kier alpha value is -2.06. The maximum absolute atomic E-state index is 14.2. The highest BCUT2D eigenvalue weighted by molar-refractivity contribution is 7.90. The van der Waals surface area contributed by atoms with Crippen molar-refractivity contribution in [3.05, 3.63) is 41.7 Å². The predicted molar refractivity (Wildman–Crippen MR) is 74.7 cm³/mol. The zero-order valence-electron chi connectivity index (χ0n) is 10.7. The Morgan fingerprint density at radius 3 is 2.71 bits per heavy atom. The van der Waals surface area contributed by atoms with E-state index in [4.69, 9.17) is 11.6 Å². The van der Waals surface area contributed by atoms with Gasteiger partial charge in [-0.05, 0) is 18.2 Å². The van der Waals surface area contributed by atoms with Gasteiger partial charge in [0, 0.05) is 6.26 Å². The van der Waals surface area contributed by atoms with Gasteiger partial charge in [0.2, 0.25) is 0 Å². The Morgan fingerprint density at radius 2 is 2.05 bits per heavy atom. The van der Waals surface area contributed by atoms with Crippen LogP contribution in [0, 0.1) is 5.82 Å². The molecule has 108 valence electrons. The molecule has 0 spiro atoms. The highest BCUT2D eigenvalue weighted by atomic mass is 35.5. The van der Waals surface area contributed by atoms with E-state index in [1.807, 2.05) is 0 Å². The molecule has 1 aromatic carbocycles. The summed E-state index contributed by atoms with van der Waals surface area (Å²) in [5, 5.41) is 4.70. The van der Waals surface area contributed by atoms with E-state index in [1.54, 1.807) is 0 Å². The van der Waals surface area contributed by atoms with Crippen LogP contribution in [0.25, 0.3) is 16.7 Å². The van der Waals surface area contributed by atoms with Crippen molar-refractivity contribution in [2.24, 2.45) is 0 Å². The Kier molecular flexibility index (Phi) is 3.14. The highest BCUT2D eigenvalue weighted by Gasteiger charge is 2.16. The minimum atomic E-state index is -3.48. The lowest BCUT2D eigenvalue weighted by molar-refractivity contribution is 0.592. The molecule has 0 saturated carbocycles. The largest absolute Gasteiger partial charge is 0.224 e. The monoisotopic (exact) mass is 326 g/mol. The molecule has 3 rings (SSSR count). The molecule has 0 N–H and O–H groups in total. The average Bonchev–Trinajstić information content (AvgIpc) is 2.83. The van der Waals surface area contributed by atoms with Crippen LogP contribution in [-0.4, -0.2) is 34.4 Å². The molecule has 6 nitrogen and oxygen atoms in total. The van der Waals surface area contributed by atoms with Gasteiger partial charge in [-0.15, -0.1) is 0 Å². The van der Waals surface area contributed by atoms with E-state index in [0.717, 1.165) is 12.3 Å². The minimum Gasteiger partial charge on any atom is -0.224 e. The molecule has 0 fully saturated rings. The summed E-state index contributed by atoms with van der Waals surface area (Å²) in [5.74, 6) is -0.724. The van der Waals surface area contributed by atoms with Crippen LogP contribution >= 0.6 is 11.6 Å². The van der Waals surface area contributed by atoms with Crippen LogP contribution in [0.2, 0.25) is 5.15 Å². The summed E-state index contributed by atoms with van der Waals surface area (Å²) in [6.45, 7) is 0. The van der Waals surface area contributed by atoms with E-state index in [-0.39, 0.29) is 15.7 Å². The molecule has 2 heterocycles. The maximum Gasteiger partial charge on any atom is 0.175 e. The second-order valence-electron chi connectivity index (χ2n) is 4.34. The standard InChI is InChI=1S/C12H8ClFN4O2S/c1-21(19,20)7-2-3-10(9(14)4-7)18-12-8(5-17-18)11(13)15-6-16-12/h2-6H,1H3. The molecule has 0 amide bonds. The van der Waals surface area contributed by atoms with Crippen molar-refractivity contribution >= 4 is 32.5 Å². The molecule has 0 atom stereocenters. The Bertz CT molecular complexity index is 955. The molecule has 0 saturated heterocycles. The number of hydrogen-bond donors (Lipinski definition) is 0. The van der Waals surface area contributed by atoms with E-state index in [9.17, 15) is 12.8 Å². The number of hydrogen-bond acceptors (Lipinski definition) is 5. The van der Waals surface area contributed by atoms with Crippen LogP contribution in [0.3, 0.4) is 0 Å². The van der Waals surface area contributed by atoms with Crippen LogP contribution in [0.1, 0.15) is 0 Å². The van der Waals surface area contributed by atoms with Gasteiger partial charge in [0.15, 0.2) is 15.5 Å². The Labute approximate surface area is 124 Å². The first-order valence-corrected chi connectivity index (χ1v) is 7.99. The first kappa shape index (κ1) is 13.9.